The molecule has 232 valence electrons. The van der Waals surface area contributed by atoms with Crippen LogP contribution in [0.25, 0.3) is 5.76 Å². The smallest absolute Gasteiger partial charge is 0.295 e. The highest BCUT2D eigenvalue weighted by atomic mass is 16.5. The first-order valence-electron chi connectivity index (χ1n) is 15.1. The van der Waals surface area contributed by atoms with Crippen LogP contribution in [0.1, 0.15) is 41.6 Å². The van der Waals surface area contributed by atoms with Crippen LogP contribution < -0.4 is 14.2 Å². The SMILES string of the molecule is CCOc1ccc(/C(O)=C2\C(=O)C(=O)N(CCCN3CCOCC3)C2c2ccc(OCc3ccccc3)c(OC)c2)cc1C. The molecule has 9 nitrogen and oxygen atoms in total. The highest BCUT2D eigenvalue weighted by Crippen LogP contribution is 2.42. The summed E-state index contributed by atoms with van der Waals surface area (Å²) in [6.45, 7) is 8.80. The number of hydrogen-bond donors (Lipinski definition) is 1. The average Bonchev–Trinajstić information content (AvgIpc) is 3.30. The van der Waals surface area contributed by atoms with E-state index in [2.05, 4.69) is 4.90 Å². The summed E-state index contributed by atoms with van der Waals surface area (Å²) in [5, 5.41) is 11.6. The Hall–Kier alpha value is -4.34. The molecule has 44 heavy (non-hydrogen) atoms. The minimum Gasteiger partial charge on any atom is -0.507 e. The van der Waals surface area contributed by atoms with Crippen molar-refractivity contribution in [3.05, 3.63) is 94.6 Å². The van der Waals surface area contributed by atoms with Crippen LogP contribution in [-0.2, 0) is 20.9 Å². The number of hydrogen-bond acceptors (Lipinski definition) is 8. The molecule has 2 saturated heterocycles. The number of aliphatic hydroxyl groups is 1. The zero-order chi connectivity index (χ0) is 31.1. The monoisotopic (exact) mass is 600 g/mol. The van der Waals surface area contributed by atoms with Crippen LogP contribution in [0.5, 0.6) is 17.2 Å². The predicted molar refractivity (Wildman–Crippen MR) is 167 cm³/mol. The van der Waals surface area contributed by atoms with Gasteiger partial charge in [-0.15, -0.1) is 0 Å². The maximum atomic E-state index is 13.6. The van der Waals surface area contributed by atoms with E-state index in [1.165, 1.54) is 0 Å². The molecule has 1 unspecified atom stereocenters. The summed E-state index contributed by atoms with van der Waals surface area (Å²) < 4.78 is 22.9. The minimum atomic E-state index is -0.802. The Morgan fingerprint density at radius 1 is 0.932 bits per heavy atom. The van der Waals surface area contributed by atoms with Crippen LogP contribution in [0.3, 0.4) is 0 Å². The first kappa shape index (κ1) is 31.1. The summed E-state index contributed by atoms with van der Waals surface area (Å²) >= 11 is 0. The van der Waals surface area contributed by atoms with Gasteiger partial charge < -0.3 is 29.0 Å². The second-order valence-electron chi connectivity index (χ2n) is 10.9. The van der Waals surface area contributed by atoms with E-state index in [4.69, 9.17) is 18.9 Å². The predicted octanol–water partition coefficient (Wildman–Crippen LogP) is 5.13. The second kappa shape index (κ2) is 14.4. The van der Waals surface area contributed by atoms with Gasteiger partial charge in [-0.3, -0.25) is 14.5 Å². The normalized spacial score (nSPS) is 18.4. The fraction of sp³-hybridized carbons (Fsp3) is 0.371. The molecule has 3 aromatic rings. The number of likely N-dealkylation sites (tertiary alicyclic amines) is 1. The molecule has 1 N–H and O–H groups in total. The number of nitrogens with zero attached hydrogens (tertiary/aromatic N) is 2. The Morgan fingerprint density at radius 3 is 2.39 bits per heavy atom. The number of aryl methyl sites for hydroxylation is 1. The Morgan fingerprint density at radius 2 is 1.68 bits per heavy atom. The molecule has 5 rings (SSSR count). The van der Waals surface area contributed by atoms with Gasteiger partial charge in [-0.2, -0.15) is 0 Å². The molecule has 1 amide bonds. The van der Waals surface area contributed by atoms with Gasteiger partial charge in [0.25, 0.3) is 11.7 Å². The number of carbonyl (C=O) groups excluding carboxylic acids is 2. The van der Waals surface area contributed by atoms with Crippen molar-refractivity contribution in [1.82, 2.24) is 9.80 Å². The first-order chi connectivity index (χ1) is 21.4. The van der Waals surface area contributed by atoms with E-state index < -0.39 is 17.7 Å². The third-order valence-electron chi connectivity index (χ3n) is 8.01. The van der Waals surface area contributed by atoms with Gasteiger partial charge in [-0.25, -0.2) is 0 Å². The van der Waals surface area contributed by atoms with Crippen molar-refractivity contribution < 1.29 is 33.6 Å². The molecule has 0 aliphatic carbocycles. The van der Waals surface area contributed by atoms with Crippen LogP contribution in [0.2, 0.25) is 0 Å². The number of rotatable bonds is 12. The Kier molecular flexibility index (Phi) is 10.2. The molecular formula is C35H40N2O7. The molecule has 0 radical (unpaired) electrons. The molecule has 2 aliphatic heterocycles. The van der Waals surface area contributed by atoms with Gasteiger partial charge in [0.15, 0.2) is 11.5 Å². The number of ketones is 1. The van der Waals surface area contributed by atoms with E-state index in [-0.39, 0.29) is 11.3 Å². The number of carbonyl (C=O) groups is 2. The fourth-order valence-corrected chi connectivity index (χ4v) is 5.73. The number of ether oxygens (including phenoxy) is 4. The van der Waals surface area contributed by atoms with E-state index in [9.17, 15) is 14.7 Å². The van der Waals surface area contributed by atoms with Crippen molar-refractivity contribution >= 4 is 17.4 Å². The summed E-state index contributed by atoms with van der Waals surface area (Å²) in [7, 11) is 1.55. The summed E-state index contributed by atoms with van der Waals surface area (Å²) in [5.74, 6) is 0.123. The largest absolute Gasteiger partial charge is 0.507 e. The van der Waals surface area contributed by atoms with E-state index >= 15 is 0 Å². The molecule has 0 saturated carbocycles. The molecule has 2 aliphatic rings. The summed E-state index contributed by atoms with van der Waals surface area (Å²) in [5.41, 5.74) is 2.96. The molecule has 0 spiro atoms. The lowest BCUT2D eigenvalue weighted by atomic mass is 9.94. The molecule has 3 aromatic carbocycles. The van der Waals surface area contributed by atoms with Crippen molar-refractivity contribution in [3.63, 3.8) is 0 Å². The van der Waals surface area contributed by atoms with Crippen molar-refractivity contribution in [3.8, 4) is 17.2 Å². The molecule has 2 fully saturated rings. The molecular weight excluding hydrogens is 560 g/mol. The average molecular weight is 601 g/mol. The molecule has 0 aromatic heterocycles. The zero-order valence-electron chi connectivity index (χ0n) is 25.6. The van der Waals surface area contributed by atoms with Gasteiger partial charge >= 0.3 is 0 Å². The number of methoxy groups -OCH3 is 1. The molecule has 9 heteroatoms. The summed E-state index contributed by atoms with van der Waals surface area (Å²) in [4.78, 5) is 31.0. The number of benzene rings is 3. The maximum Gasteiger partial charge on any atom is 0.295 e. The topological polar surface area (TPSA) is 97.8 Å². The molecule has 1 atom stereocenters. The molecule has 2 heterocycles. The molecule has 0 bridgehead atoms. The highest BCUT2D eigenvalue weighted by Gasteiger charge is 2.46. The lowest BCUT2D eigenvalue weighted by Crippen LogP contribution is -2.39. The van der Waals surface area contributed by atoms with Crippen LogP contribution in [0.4, 0.5) is 0 Å². The van der Waals surface area contributed by atoms with Crippen LogP contribution >= 0.6 is 0 Å². The Bertz CT molecular complexity index is 1500. The van der Waals surface area contributed by atoms with Crippen LogP contribution in [0, 0.1) is 6.92 Å². The standard InChI is InChI=1S/C35H40N2O7/c1-4-43-28-13-12-27(21-24(28)2)33(38)31-32(37(35(40)34(31)39)16-8-15-36-17-19-42-20-18-36)26-11-14-29(30(22-26)41-3)44-23-25-9-6-5-7-10-25/h5-7,9-14,21-22,32,38H,4,8,15-20,23H2,1-3H3/b33-31+. The van der Waals surface area contributed by atoms with E-state index in [0.717, 1.165) is 30.8 Å². The lowest BCUT2D eigenvalue weighted by molar-refractivity contribution is -0.140. The lowest BCUT2D eigenvalue weighted by Gasteiger charge is -2.29. The van der Waals surface area contributed by atoms with E-state index in [0.29, 0.717) is 67.8 Å². The van der Waals surface area contributed by atoms with Gasteiger partial charge in [0.1, 0.15) is 18.1 Å². The maximum absolute atomic E-state index is 13.6. The van der Waals surface area contributed by atoms with E-state index in [1.54, 1.807) is 42.3 Å². The first-order valence-corrected chi connectivity index (χ1v) is 15.1. The third-order valence-corrected chi connectivity index (χ3v) is 8.01. The Balaban J connectivity index is 1.49. The zero-order valence-corrected chi connectivity index (χ0v) is 25.6. The quantitative estimate of drug-likeness (QED) is 0.174. The second-order valence-corrected chi connectivity index (χ2v) is 10.9. The fourth-order valence-electron chi connectivity index (χ4n) is 5.73. The minimum absolute atomic E-state index is 0.0462. The van der Waals surface area contributed by atoms with Gasteiger partial charge in [-0.1, -0.05) is 36.4 Å². The summed E-state index contributed by atoms with van der Waals surface area (Å²) in [6, 6.07) is 19.6. The highest BCUT2D eigenvalue weighted by molar-refractivity contribution is 6.46. The summed E-state index contributed by atoms with van der Waals surface area (Å²) in [6.07, 6.45) is 0.668. The number of morpholine rings is 1. The van der Waals surface area contributed by atoms with Crippen molar-refractivity contribution in [2.45, 2.75) is 32.9 Å². The number of Topliss-reactive ketones (excluding diaryl/α,β-unsaturated/α-hetero) is 1. The number of amides is 1. The van der Waals surface area contributed by atoms with E-state index in [1.807, 2.05) is 50.2 Å². The van der Waals surface area contributed by atoms with Crippen molar-refractivity contribution in [2.75, 3.05) is 53.1 Å². The van der Waals surface area contributed by atoms with Gasteiger partial charge in [0.2, 0.25) is 0 Å². The van der Waals surface area contributed by atoms with Crippen molar-refractivity contribution in [1.29, 1.82) is 0 Å². The Labute approximate surface area is 258 Å². The van der Waals surface area contributed by atoms with Gasteiger partial charge in [0, 0.05) is 31.7 Å². The van der Waals surface area contributed by atoms with Gasteiger partial charge in [0.05, 0.1) is 38.5 Å². The van der Waals surface area contributed by atoms with Crippen LogP contribution in [-0.4, -0.2) is 79.7 Å². The van der Waals surface area contributed by atoms with Crippen molar-refractivity contribution in [2.24, 2.45) is 0 Å². The number of aliphatic hydroxyl groups excluding tert-OH is 1. The van der Waals surface area contributed by atoms with Crippen LogP contribution in [0.15, 0.2) is 72.3 Å². The third kappa shape index (κ3) is 6.90. The van der Waals surface area contributed by atoms with Gasteiger partial charge in [-0.05, 0) is 67.3 Å².